The van der Waals surface area contributed by atoms with Crippen molar-refractivity contribution in [3.8, 4) is 45.4 Å². The quantitative estimate of drug-likeness (QED) is 0.208. The molecule has 4 aromatic rings. The second-order valence-electron chi connectivity index (χ2n) is 9.96. The van der Waals surface area contributed by atoms with E-state index in [2.05, 4.69) is 20.3 Å². The first kappa shape index (κ1) is 30.7. The third-order valence-corrected chi connectivity index (χ3v) is 8.01. The van der Waals surface area contributed by atoms with E-state index in [1.165, 1.54) is 25.4 Å². The number of pyridine rings is 1. The van der Waals surface area contributed by atoms with Gasteiger partial charge < -0.3 is 24.8 Å². The summed E-state index contributed by atoms with van der Waals surface area (Å²) < 4.78 is 10.9. The van der Waals surface area contributed by atoms with Crippen LogP contribution >= 0.6 is 23.2 Å². The summed E-state index contributed by atoms with van der Waals surface area (Å²) in [5.41, 5.74) is 3.99. The first-order valence-electron chi connectivity index (χ1n) is 13.5. The van der Waals surface area contributed by atoms with E-state index in [1.807, 2.05) is 0 Å². The summed E-state index contributed by atoms with van der Waals surface area (Å²) in [5, 5.41) is 13.2. The van der Waals surface area contributed by atoms with Gasteiger partial charge in [0, 0.05) is 41.3 Å². The van der Waals surface area contributed by atoms with E-state index in [9.17, 15) is 19.5 Å². The van der Waals surface area contributed by atoms with Crippen molar-refractivity contribution in [3.63, 3.8) is 0 Å². The molecule has 3 heterocycles. The van der Waals surface area contributed by atoms with Crippen LogP contribution in [0, 0.1) is 0 Å². The van der Waals surface area contributed by atoms with Crippen LogP contribution in [0.3, 0.4) is 0 Å². The van der Waals surface area contributed by atoms with E-state index in [4.69, 9.17) is 32.7 Å². The van der Waals surface area contributed by atoms with Crippen LogP contribution < -0.4 is 14.8 Å². The zero-order chi connectivity index (χ0) is 31.4. The highest BCUT2D eigenvalue weighted by Crippen LogP contribution is 2.41. The molecule has 2 aromatic heterocycles. The zero-order valence-corrected chi connectivity index (χ0v) is 25.2. The van der Waals surface area contributed by atoms with Gasteiger partial charge in [0.1, 0.15) is 12.1 Å². The summed E-state index contributed by atoms with van der Waals surface area (Å²) in [7, 11) is 2.92. The molecule has 0 radical (unpaired) electrons. The molecule has 2 N–H and O–H groups in total. The molecule has 226 valence electrons. The monoisotopic (exact) mass is 635 g/mol. The minimum Gasteiger partial charge on any atom is -0.496 e. The van der Waals surface area contributed by atoms with Crippen LogP contribution in [0.25, 0.3) is 33.8 Å². The number of amides is 2. The Bertz CT molecular complexity index is 1750. The number of hydrogen-bond acceptors (Lipinski definition) is 8. The topological polar surface area (TPSA) is 144 Å². The van der Waals surface area contributed by atoms with Gasteiger partial charge in [0.2, 0.25) is 11.8 Å². The molecule has 1 fully saturated rings. The molecule has 1 unspecified atom stereocenters. The highest BCUT2D eigenvalue weighted by atomic mass is 35.5. The summed E-state index contributed by atoms with van der Waals surface area (Å²) in [4.78, 5) is 49.5. The average molecular weight is 636 g/mol. The lowest BCUT2D eigenvalue weighted by molar-refractivity contribution is -0.119. The number of methoxy groups -OCH3 is 2. The van der Waals surface area contributed by atoms with Gasteiger partial charge in [0.15, 0.2) is 6.29 Å². The van der Waals surface area contributed by atoms with Crippen LogP contribution in [0.4, 0.5) is 4.79 Å². The third kappa shape index (κ3) is 6.29. The largest absolute Gasteiger partial charge is 0.496 e. The minimum absolute atomic E-state index is 0.0177. The fraction of sp³-hybridized carbons (Fsp3) is 0.226. The molecule has 1 atom stereocenters. The summed E-state index contributed by atoms with van der Waals surface area (Å²) in [6.45, 7) is 0.166. The van der Waals surface area contributed by atoms with Crippen LogP contribution in [0.1, 0.15) is 28.8 Å². The molecule has 11 nitrogen and oxygen atoms in total. The highest BCUT2D eigenvalue weighted by molar-refractivity contribution is 6.38. The Morgan fingerprint density at radius 2 is 1.84 bits per heavy atom. The lowest BCUT2D eigenvalue weighted by Gasteiger charge is -2.23. The Kier molecular flexibility index (Phi) is 9.26. The highest BCUT2D eigenvalue weighted by Gasteiger charge is 2.26. The van der Waals surface area contributed by atoms with Crippen LogP contribution in [0.15, 0.2) is 54.9 Å². The predicted molar refractivity (Wildman–Crippen MR) is 164 cm³/mol. The Morgan fingerprint density at radius 1 is 1.07 bits per heavy atom. The lowest BCUT2D eigenvalue weighted by Crippen LogP contribution is -2.41. The summed E-state index contributed by atoms with van der Waals surface area (Å²) in [6.07, 6.45) is 1.91. The van der Waals surface area contributed by atoms with Crippen molar-refractivity contribution < 1.29 is 29.0 Å². The number of hydrogen-bond donors (Lipinski definition) is 2. The number of carboxylic acid groups (broad SMARTS) is 1. The summed E-state index contributed by atoms with van der Waals surface area (Å²) in [5.74, 6) is 0.533. The Labute approximate surface area is 262 Å². The number of aromatic nitrogens is 3. The van der Waals surface area contributed by atoms with Crippen molar-refractivity contribution in [1.29, 1.82) is 0 Å². The van der Waals surface area contributed by atoms with Crippen molar-refractivity contribution in [1.82, 2.24) is 25.2 Å². The molecular weight excluding hydrogens is 609 g/mol. The first-order chi connectivity index (χ1) is 21.2. The van der Waals surface area contributed by atoms with E-state index in [0.717, 1.165) is 0 Å². The van der Waals surface area contributed by atoms with Crippen LogP contribution in [0.5, 0.6) is 11.6 Å². The molecule has 0 aliphatic carbocycles. The van der Waals surface area contributed by atoms with Crippen LogP contribution in [-0.2, 0) is 11.3 Å². The van der Waals surface area contributed by atoms with E-state index in [1.54, 1.807) is 48.5 Å². The predicted octanol–water partition coefficient (Wildman–Crippen LogP) is 5.77. The van der Waals surface area contributed by atoms with Gasteiger partial charge in [-0.3, -0.25) is 9.59 Å². The van der Waals surface area contributed by atoms with Gasteiger partial charge in [-0.15, -0.1) is 0 Å². The van der Waals surface area contributed by atoms with E-state index in [0.29, 0.717) is 74.8 Å². The van der Waals surface area contributed by atoms with Crippen molar-refractivity contribution in [2.45, 2.75) is 25.4 Å². The number of nitrogens with one attached hydrogen (secondary N) is 1. The number of benzene rings is 2. The molecule has 0 saturated carbocycles. The Balaban J connectivity index is 1.46. The van der Waals surface area contributed by atoms with Gasteiger partial charge in [0.05, 0.1) is 53.5 Å². The number of carbonyl (C=O) groups is 3. The van der Waals surface area contributed by atoms with Gasteiger partial charge >= 0.3 is 6.09 Å². The molecule has 2 aromatic carbocycles. The number of aldehydes is 1. The average Bonchev–Trinajstić information content (AvgIpc) is 3.45. The molecule has 1 aliphatic rings. The molecule has 13 heteroatoms. The SMILES string of the molecule is COc1cc(-c2ncnc(-c3cccc(-c4ccc(CN(CC5CCC(=O)N5)C(=O)O)c(OC)n4)c3Cl)c2Cl)ccc1C=O. The van der Waals surface area contributed by atoms with Gasteiger partial charge in [-0.25, -0.2) is 19.7 Å². The molecular formula is C31H27Cl2N5O6. The fourth-order valence-electron chi connectivity index (χ4n) is 5.04. The van der Waals surface area contributed by atoms with Crippen molar-refractivity contribution in [2.24, 2.45) is 0 Å². The van der Waals surface area contributed by atoms with Crippen molar-refractivity contribution >= 4 is 41.5 Å². The Hall–Kier alpha value is -4.74. The number of carbonyl (C=O) groups excluding carboxylic acids is 2. The van der Waals surface area contributed by atoms with Gasteiger partial charge in [0.25, 0.3) is 0 Å². The molecule has 0 bridgehead atoms. The zero-order valence-electron chi connectivity index (χ0n) is 23.7. The molecule has 0 spiro atoms. The van der Waals surface area contributed by atoms with Crippen molar-refractivity contribution in [2.75, 3.05) is 20.8 Å². The smallest absolute Gasteiger partial charge is 0.407 e. The molecule has 5 rings (SSSR count). The van der Waals surface area contributed by atoms with Gasteiger partial charge in [-0.05, 0) is 30.7 Å². The molecule has 1 aliphatic heterocycles. The Morgan fingerprint density at radius 3 is 2.52 bits per heavy atom. The fourth-order valence-corrected chi connectivity index (χ4v) is 5.66. The summed E-state index contributed by atoms with van der Waals surface area (Å²) >= 11 is 13.7. The second kappa shape index (κ2) is 13.3. The lowest BCUT2D eigenvalue weighted by atomic mass is 10.0. The number of rotatable bonds is 10. The molecule has 44 heavy (non-hydrogen) atoms. The molecule has 1 saturated heterocycles. The van der Waals surface area contributed by atoms with Gasteiger partial charge in [-0.2, -0.15) is 0 Å². The van der Waals surface area contributed by atoms with Crippen LogP contribution in [0.2, 0.25) is 10.0 Å². The third-order valence-electron chi connectivity index (χ3n) is 7.24. The normalized spacial score (nSPS) is 14.2. The second-order valence-corrected chi connectivity index (χ2v) is 10.7. The number of halogens is 2. The number of nitrogens with zero attached hydrogens (tertiary/aromatic N) is 4. The van der Waals surface area contributed by atoms with E-state index < -0.39 is 6.09 Å². The van der Waals surface area contributed by atoms with E-state index >= 15 is 0 Å². The number of ether oxygens (including phenoxy) is 2. The maximum Gasteiger partial charge on any atom is 0.407 e. The van der Waals surface area contributed by atoms with E-state index in [-0.39, 0.29) is 35.9 Å². The first-order valence-corrected chi connectivity index (χ1v) is 14.2. The maximum atomic E-state index is 12.0. The molecule has 2 amide bonds. The standard InChI is InChI=1S/C31H27Cl2N5O6/c1-43-24-12-17(6-7-19(24)15-39)28-27(33)29(35-16-34-28)22-5-3-4-21(26(22)32)23-10-8-18(30(37-23)44-2)13-38(31(41)42)14-20-9-11-25(40)36-20/h3-8,10,12,15-16,20H,9,11,13-14H2,1-2H3,(H,36,40)(H,41,42). The van der Waals surface area contributed by atoms with Crippen molar-refractivity contribution in [3.05, 3.63) is 76.0 Å². The van der Waals surface area contributed by atoms with Gasteiger partial charge in [-0.1, -0.05) is 47.5 Å². The maximum absolute atomic E-state index is 12.0. The summed E-state index contributed by atoms with van der Waals surface area (Å²) in [6, 6.07) is 13.6. The minimum atomic E-state index is -1.12. The van der Waals surface area contributed by atoms with Crippen LogP contribution in [-0.4, -0.2) is 70.1 Å².